The number of esters is 2. The quantitative estimate of drug-likeness (QED) is 0.405. The minimum atomic E-state index is -0.654. The molecule has 7 heteroatoms. The van der Waals surface area contributed by atoms with Crippen LogP contribution >= 0.6 is 22.6 Å². The maximum Gasteiger partial charge on any atom is 0.303 e. The maximum atomic E-state index is 11.2. The summed E-state index contributed by atoms with van der Waals surface area (Å²) in [5.74, 6) is -0.187. The van der Waals surface area contributed by atoms with E-state index in [0.717, 1.165) is 3.57 Å². The molecule has 0 N–H and O–H groups in total. The van der Waals surface area contributed by atoms with E-state index in [4.69, 9.17) is 18.9 Å². The fourth-order valence-corrected chi connectivity index (χ4v) is 2.51. The lowest BCUT2D eigenvalue weighted by atomic mass is 10.1. The predicted molar refractivity (Wildman–Crippen MR) is 89.8 cm³/mol. The number of ether oxygens (including phenoxy) is 4. The van der Waals surface area contributed by atoms with Gasteiger partial charge in [-0.15, -0.1) is 0 Å². The molecule has 1 aromatic rings. The summed E-state index contributed by atoms with van der Waals surface area (Å²) in [5, 5.41) is 0. The van der Waals surface area contributed by atoms with Crippen LogP contribution < -0.4 is 4.74 Å². The van der Waals surface area contributed by atoms with Gasteiger partial charge in [0.15, 0.2) is 0 Å². The van der Waals surface area contributed by atoms with Crippen LogP contribution in [0.4, 0.5) is 0 Å². The Bertz CT molecular complexity index is 600. The van der Waals surface area contributed by atoms with Gasteiger partial charge in [-0.25, -0.2) is 0 Å². The maximum absolute atomic E-state index is 11.2. The topological polar surface area (TPSA) is 71.1 Å². The molecule has 1 heterocycles. The molecule has 0 spiro atoms. The molecule has 1 aliphatic rings. The molecule has 0 saturated heterocycles. The van der Waals surface area contributed by atoms with Gasteiger partial charge in [0.25, 0.3) is 0 Å². The molecule has 0 radical (unpaired) electrons. The Morgan fingerprint density at radius 1 is 1.17 bits per heavy atom. The molecule has 0 aromatic heterocycles. The average Bonchev–Trinajstić information content (AvgIpc) is 2.49. The molecule has 1 aliphatic heterocycles. The lowest BCUT2D eigenvalue weighted by molar-refractivity contribution is -0.178. The zero-order valence-corrected chi connectivity index (χ0v) is 14.9. The third-order valence-corrected chi connectivity index (χ3v) is 3.86. The highest BCUT2D eigenvalue weighted by Gasteiger charge is 2.31. The van der Waals surface area contributed by atoms with Crippen molar-refractivity contribution < 1.29 is 28.5 Å². The standard InChI is InChI=1S/C16H17IO6/c1-10(18)20-9-15-14(21-11(2)19)7-8-16(23-15)22-13-6-4-3-5-12(13)17/h3-8,14-16H,9H2,1-2H3. The van der Waals surface area contributed by atoms with Gasteiger partial charge >= 0.3 is 11.9 Å². The number of para-hydroxylation sites is 1. The first-order valence-electron chi connectivity index (χ1n) is 7.01. The molecule has 3 atom stereocenters. The largest absolute Gasteiger partial charge is 0.463 e. The van der Waals surface area contributed by atoms with Crippen molar-refractivity contribution in [1.29, 1.82) is 0 Å². The normalized spacial score (nSPS) is 23.2. The van der Waals surface area contributed by atoms with Crippen molar-refractivity contribution in [1.82, 2.24) is 0 Å². The second kappa shape index (κ2) is 8.30. The fraction of sp³-hybridized carbons (Fsp3) is 0.375. The second-order valence-corrected chi connectivity index (χ2v) is 6.01. The Morgan fingerprint density at radius 3 is 2.57 bits per heavy atom. The third-order valence-electron chi connectivity index (χ3n) is 2.97. The molecule has 0 bridgehead atoms. The van der Waals surface area contributed by atoms with E-state index in [1.165, 1.54) is 13.8 Å². The van der Waals surface area contributed by atoms with Crippen LogP contribution in [0.15, 0.2) is 36.4 Å². The van der Waals surface area contributed by atoms with Crippen molar-refractivity contribution in [2.24, 2.45) is 0 Å². The van der Waals surface area contributed by atoms with E-state index in [0.29, 0.717) is 5.75 Å². The summed E-state index contributed by atoms with van der Waals surface area (Å²) in [4.78, 5) is 22.2. The number of halogens is 1. The van der Waals surface area contributed by atoms with Gasteiger partial charge < -0.3 is 18.9 Å². The van der Waals surface area contributed by atoms with Gasteiger partial charge in [-0.2, -0.15) is 0 Å². The first kappa shape index (κ1) is 17.7. The number of carbonyl (C=O) groups is 2. The monoisotopic (exact) mass is 432 g/mol. The zero-order chi connectivity index (χ0) is 16.8. The first-order chi connectivity index (χ1) is 11.0. The van der Waals surface area contributed by atoms with E-state index in [1.54, 1.807) is 12.2 Å². The minimum absolute atomic E-state index is 0.0244. The Labute approximate surface area is 147 Å². The minimum Gasteiger partial charge on any atom is -0.463 e. The molecular formula is C16H17IO6. The number of benzene rings is 1. The third kappa shape index (κ3) is 5.51. The number of hydrogen-bond donors (Lipinski definition) is 0. The van der Waals surface area contributed by atoms with Crippen LogP contribution in [-0.4, -0.2) is 37.0 Å². The first-order valence-corrected chi connectivity index (χ1v) is 8.09. The van der Waals surface area contributed by atoms with Crippen molar-refractivity contribution >= 4 is 34.5 Å². The van der Waals surface area contributed by atoms with Gasteiger partial charge in [-0.05, 0) is 46.9 Å². The highest BCUT2D eigenvalue weighted by molar-refractivity contribution is 14.1. The van der Waals surface area contributed by atoms with Crippen LogP contribution in [0.2, 0.25) is 0 Å². The van der Waals surface area contributed by atoms with E-state index in [1.807, 2.05) is 24.3 Å². The summed E-state index contributed by atoms with van der Waals surface area (Å²) in [6.07, 6.45) is 1.44. The average molecular weight is 432 g/mol. The lowest BCUT2D eigenvalue weighted by Crippen LogP contribution is -2.43. The van der Waals surface area contributed by atoms with Gasteiger partial charge in [0, 0.05) is 13.8 Å². The number of hydrogen-bond acceptors (Lipinski definition) is 6. The van der Waals surface area contributed by atoms with E-state index in [2.05, 4.69) is 22.6 Å². The summed E-state index contributed by atoms with van der Waals surface area (Å²) in [6, 6.07) is 7.52. The van der Waals surface area contributed by atoms with Crippen molar-refractivity contribution in [2.75, 3.05) is 6.61 Å². The van der Waals surface area contributed by atoms with Crippen molar-refractivity contribution in [3.05, 3.63) is 40.0 Å². The highest BCUT2D eigenvalue weighted by atomic mass is 127. The van der Waals surface area contributed by atoms with Crippen molar-refractivity contribution in [3.8, 4) is 5.75 Å². The second-order valence-electron chi connectivity index (χ2n) is 4.85. The van der Waals surface area contributed by atoms with Gasteiger partial charge in [0.1, 0.15) is 24.6 Å². The Kier molecular flexibility index (Phi) is 6.40. The molecule has 0 fully saturated rings. The SMILES string of the molecule is CC(=O)OCC1OC(Oc2ccccc2I)C=CC1OC(C)=O. The smallest absolute Gasteiger partial charge is 0.303 e. The van der Waals surface area contributed by atoms with Crippen LogP contribution in [0.25, 0.3) is 0 Å². The molecule has 0 saturated carbocycles. The summed E-state index contributed by atoms with van der Waals surface area (Å²) >= 11 is 2.16. The molecule has 0 aliphatic carbocycles. The summed E-state index contributed by atoms with van der Waals surface area (Å²) in [6.45, 7) is 2.59. The van der Waals surface area contributed by atoms with E-state index in [-0.39, 0.29) is 6.61 Å². The molecule has 23 heavy (non-hydrogen) atoms. The Balaban J connectivity index is 2.07. The summed E-state index contributed by atoms with van der Waals surface area (Å²) in [7, 11) is 0. The van der Waals surface area contributed by atoms with E-state index >= 15 is 0 Å². The van der Waals surface area contributed by atoms with Gasteiger partial charge in [0.05, 0.1) is 3.57 Å². The summed E-state index contributed by atoms with van der Waals surface area (Å²) < 4.78 is 22.6. The molecule has 3 unspecified atom stereocenters. The molecule has 124 valence electrons. The summed E-state index contributed by atoms with van der Waals surface area (Å²) in [5.41, 5.74) is 0. The Morgan fingerprint density at radius 2 is 1.91 bits per heavy atom. The highest BCUT2D eigenvalue weighted by Crippen LogP contribution is 2.24. The number of carbonyl (C=O) groups excluding carboxylic acids is 2. The van der Waals surface area contributed by atoms with E-state index in [9.17, 15) is 9.59 Å². The Hall–Kier alpha value is -1.61. The fourth-order valence-electron chi connectivity index (χ4n) is 1.99. The molecule has 1 aromatic carbocycles. The predicted octanol–water partition coefficient (Wildman–Crippen LogP) is 2.45. The zero-order valence-electron chi connectivity index (χ0n) is 12.7. The molecule has 6 nitrogen and oxygen atoms in total. The van der Waals surface area contributed by atoms with Crippen molar-refractivity contribution in [3.63, 3.8) is 0 Å². The van der Waals surface area contributed by atoms with Crippen molar-refractivity contribution in [2.45, 2.75) is 32.3 Å². The molecule has 2 rings (SSSR count). The van der Waals surface area contributed by atoms with Crippen LogP contribution in [0.3, 0.4) is 0 Å². The van der Waals surface area contributed by atoms with Crippen LogP contribution in [0, 0.1) is 3.57 Å². The lowest BCUT2D eigenvalue weighted by Gasteiger charge is -2.31. The van der Waals surface area contributed by atoms with E-state index < -0.39 is 30.4 Å². The van der Waals surface area contributed by atoms with Gasteiger partial charge in [-0.3, -0.25) is 9.59 Å². The van der Waals surface area contributed by atoms with Gasteiger partial charge in [0.2, 0.25) is 6.29 Å². The van der Waals surface area contributed by atoms with Crippen LogP contribution in [0.1, 0.15) is 13.8 Å². The molecular weight excluding hydrogens is 415 g/mol. The van der Waals surface area contributed by atoms with Gasteiger partial charge in [-0.1, -0.05) is 12.1 Å². The van der Waals surface area contributed by atoms with Crippen LogP contribution in [-0.2, 0) is 23.8 Å². The van der Waals surface area contributed by atoms with Crippen LogP contribution in [0.5, 0.6) is 5.75 Å². The number of rotatable bonds is 5. The molecule has 0 amide bonds.